The largest absolute Gasteiger partial charge is 0.399 e. The Morgan fingerprint density at radius 3 is 2.42 bits per heavy atom. The number of hydrogen-bond acceptors (Lipinski definition) is 12. The molecule has 5 aromatic rings. The molecule has 0 atom stereocenters. The maximum Gasteiger partial charge on any atom is 0.390 e. The number of fused-ring (bicyclic) bond motifs is 1. The van der Waals surface area contributed by atoms with Crippen molar-refractivity contribution in [2.75, 3.05) is 53.8 Å². The van der Waals surface area contributed by atoms with E-state index in [0.29, 0.717) is 51.9 Å². The van der Waals surface area contributed by atoms with Gasteiger partial charge in [-0.25, -0.2) is 19.9 Å². The number of hydrogen-bond donors (Lipinski definition) is 4. The summed E-state index contributed by atoms with van der Waals surface area (Å²) in [6.45, 7) is 2.73. The second kappa shape index (κ2) is 17.0. The maximum atomic E-state index is 13.2. The van der Waals surface area contributed by atoms with Crippen molar-refractivity contribution >= 4 is 87.3 Å². The van der Waals surface area contributed by atoms with Crippen molar-refractivity contribution in [3.05, 3.63) is 73.4 Å². The summed E-state index contributed by atoms with van der Waals surface area (Å²) in [4.78, 5) is 45.8. The summed E-state index contributed by atoms with van der Waals surface area (Å²) in [5.41, 5.74) is 15.1. The van der Waals surface area contributed by atoms with Crippen LogP contribution in [0, 0.1) is 6.92 Å². The molecule has 2 fully saturated rings. The number of nitrogens with one attached hydrogen (secondary N) is 2. The van der Waals surface area contributed by atoms with Gasteiger partial charge in [-0.3, -0.25) is 19.1 Å². The predicted octanol–water partition coefficient (Wildman–Crippen LogP) is 6.85. The van der Waals surface area contributed by atoms with E-state index in [9.17, 15) is 22.8 Å². The minimum Gasteiger partial charge on any atom is -0.399 e. The molecule has 6 N–H and O–H groups in total. The monoisotopic (exact) mass is 858 g/mol. The predicted molar refractivity (Wildman–Crippen MR) is 218 cm³/mol. The molecule has 7 rings (SSSR count). The molecule has 0 saturated heterocycles. The van der Waals surface area contributed by atoms with E-state index in [1.165, 1.54) is 17.4 Å². The number of ether oxygens (including phenoxy) is 1. The summed E-state index contributed by atoms with van der Waals surface area (Å²) in [5, 5.41) is 8.81. The molecule has 0 radical (unpaired) electrons. The van der Waals surface area contributed by atoms with Crippen LogP contribution in [0.3, 0.4) is 0 Å². The van der Waals surface area contributed by atoms with Crippen molar-refractivity contribution in [2.45, 2.75) is 57.3 Å². The fourth-order valence-electron chi connectivity index (χ4n) is 5.62. The first-order valence-electron chi connectivity index (χ1n) is 17.4. The van der Waals surface area contributed by atoms with Gasteiger partial charge in [0, 0.05) is 77.3 Å². The van der Waals surface area contributed by atoms with Crippen LogP contribution < -0.4 is 32.6 Å². The number of methoxy groups -OCH3 is 1. The van der Waals surface area contributed by atoms with Crippen LogP contribution >= 0.6 is 36.1 Å². The summed E-state index contributed by atoms with van der Waals surface area (Å²) < 4.78 is 44.6. The highest BCUT2D eigenvalue weighted by molar-refractivity contribution is 9.10. The summed E-state index contributed by atoms with van der Waals surface area (Å²) in [7, 11) is 5.13. The van der Waals surface area contributed by atoms with Crippen molar-refractivity contribution in [1.29, 1.82) is 0 Å². The van der Waals surface area contributed by atoms with Crippen molar-refractivity contribution in [1.82, 2.24) is 24.5 Å². The number of benzene rings is 1. The highest BCUT2D eigenvalue weighted by atomic mass is 79.9. The Hall–Kier alpha value is -4.64. The molecule has 55 heavy (non-hydrogen) atoms. The number of halogens is 4. The van der Waals surface area contributed by atoms with E-state index < -0.39 is 12.6 Å². The van der Waals surface area contributed by atoms with E-state index in [1.807, 2.05) is 24.4 Å². The minimum atomic E-state index is -4.27. The van der Waals surface area contributed by atoms with Gasteiger partial charge in [0.2, 0.25) is 0 Å². The topological polar surface area (TPSA) is 179 Å². The number of amides is 1. The normalized spacial score (nSPS) is 13.9. The average molecular weight is 860 g/mol. The molecule has 290 valence electrons. The van der Waals surface area contributed by atoms with Crippen LogP contribution in [0.15, 0.2) is 57.1 Å². The lowest BCUT2D eigenvalue weighted by atomic mass is 10.1. The molecule has 19 heteroatoms. The van der Waals surface area contributed by atoms with E-state index in [0.717, 1.165) is 35.8 Å². The standard InChI is InChI=1S/C19H17BrF3N5O.C17H22N5O2PS/c20-11-3-1-2-10(8-11)15-18(29)28(12-4-5-12)17-16(27-15)13(24)9-14(26-17)25-7-6-19(21,22)23;1-10-9-26-16(20-10)15(25)17(23)22(12-3-4-12)14-8-11(18)7-13(21-14)19-5-6-24-2/h1-3,8-9,12H,4-7H2,(H3,24,25,26);7-9,12,25H,3-6H2,1-2H3,(H3,18,19,21). The Morgan fingerprint density at radius 2 is 1.78 bits per heavy atom. The molecule has 2 aliphatic rings. The summed E-state index contributed by atoms with van der Waals surface area (Å²) in [6, 6.07) is 12.3. The number of thiazole rings is 1. The van der Waals surface area contributed by atoms with Crippen molar-refractivity contribution in [2.24, 2.45) is 0 Å². The van der Waals surface area contributed by atoms with Crippen molar-refractivity contribution < 1.29 is 22.7 Å². The fourth-order valence-corrected chi connectivity index (χ4v) is 7.11. The van der Waals surface area contributed by atoms with Gasteiger partial charge in [-0.2, -0.15) is 13.2 Å². The molecule has 1 amide bonds. The molecule has 0 aliphatic heterocycles. The second-order valence-electron chi connectivity index (χ2n) is 13.1. The molecule has 1 aromatic carbocycles. The van der Waals surface area contributed by atoms with Gasteiger partial charge in [-0.15, -0.1) is 20.2 Å². The van der Waals surface area contributed by atoms with Gasteiger partial charge in [0.05, 0.1) is 24.0 Å². The van der Waals surface area contributed by atoms with Gasteiger partial charge in [0.1, 0.15) is 33.7 Å². The van der Waals surface area contributed by atoms with Crippen molar-refractivity contribution in [3.63, 3.8) is 0 Å². The van der Waals surface area contributed by atoms with Gasteiger partial charge >= 0.3 is 6.18 Å². The van der Waals surface area contributed by atoms with Crippen LogP contribution in [-0.4, -0.2) is 74.7 Å². The van der Waals surface area contributed by atoms with Gasteiger partial charge in [-0.1, -0.05) is 28.1 Å². The zero-order valence-electron chi connectivity index (χ0n) is 29.9. The Labute approximate surface area is 329 Å². The maximum absolute atomic E-state index is 13.2. The molecule has 4 aromatic heterocycles. The van der Waals surface area contributed by atoms with Crippen LogP contribution in [-0.2, 0) is 9.53 Å². The number of nitrogens with zero attached hydrogens (tertiary/aromatic N) is 6. The minimum absolute atomic E-state index is 0.0174. The smallest absolute Gasteiger partial charge is 0.390 e. The van der Waals surface area contributed by atoms with E-state index >= 15 is 0 Å². The van der Waals surface area contributed by atoms with E-state index in [4.69, 9.17) is 16.2 Å². The summed E-state index contributed by atoms with van der Waals surface area (Å²) in [6.07, 6.45) is -1.72. The first kappa shape index (κ1) is 40.0. The third-order valence-corrected chi connectivity index (χ3v) is 10.6. The first-order valence-corrected chi connectivity index (χ1v) is 19.5. The van der Waals surface area contributed by atoms with Gasteiger partial charge < -0.3 is 26.8 Å². The quantitative estimate of drug-likeness (QED) is 0.0719. The molecule has 2 aliphatic carbocycles. The molecular formula is C36H39BrF3N10O3PS. The Kier molecular flexibility index (Phi) is 12.4. The third kappa shape index (κ3) is 10.2. The Balaban J connectivity index is 0.000000188. The molecule has 0 spiro atoms. The molecule has 4 heterocycles. The molecule has 2 saturated carbocycles. The molecular weight excluding hydrogens is 820 g/mol. The highest BCUT2D eigenvalue weighted by Gasteiger charge is 2.37. The Bertz CT molecular complexity index is 2280. The lowest BCUT2D eigenvalue weighted by Gasteiger charge is -2.23. The summed E-state index contributed by atoms with van der Waals surface area (Å²) >= 11 is 4.83. The number of rotatable bonds is 13. The van der Waals surface area contributed by atoms with E-state index in [-0.39, 0.29) is 52.9 Å². The molecule has 0 bridgehead atoms. The van der Waals surface area contributed by atoms with Gasteiger partial charge in [0.25, 0.3) is 11.5 Å². The number of aromatic nitrogens is 5. The van der Waals surface area contributed by atoms with E-state index in [2.05, 4.69) is 55.4 Å². The van der Waals surface area contributed by atoms with Crippen LogP contribution in [0.5, 0.6) is 0 Å². The summed E-state index contributed by atoms with van der Waals surface area (Å²) in [5.74, 6) is 1.20. The lowest BCUT2D eigenvalue weighted by molar-refractivity contribution is -0.131. The lowest BCUT2D eigenvalue weighted by Crippen LogP contribution is -2.38. The second-order valence-corrected chi connectivity index (χ2v) is 15.4. The van der Waals surface area contributed by atoms with Crippen LogP contribution in [0.25, 0.3) is 22.4 Å². The SMILES string of the molecule is COCCNc1cc(N)cc(N(C(=O)C(=P)c2nc(C)cs2)C2CC2)n1.Nc1cc(NCCC(F)(F)F)nc2c1nc(-c1cccc(Br)c1)c(=O)n2C1CC1. The number of anilines is 5. The number of nitrogens with two attached hydrogens (primary N) is 2. The van der Waals surface area contributed by atoms with Crippen LogP contribution in [0.1, 0.15) is 48.8 Å². The number of alkyl halides is 3. The van der Waals surface area contributed by atoms with Crippen molar-refractivity contribution in [3.8, 4) is 11.3 Å². The van der Waals surface area contributed by atoms with Crippen LogP contribution in [0.2, 0.25) is 0 Å². The van der Waals surface area contributed by atoms with Gasteiger partial charge in [-0.05, 0) is 44.7 Å². The van der Waals surface area contributed by atoms with Gasteiger partial charge in [0.15, 0.2) is 5.65 Å². The zero-order valence-corrected chi connectivity index (χ0v) is 33.3. The zero-order chi connectivity index (χ0) is 39.4. The first-order chi connectivity index (χ1) is 26.2. The van der Waals surface area contributed by atoms with Crippen LogP contribution in [0.4, 0.5) is 42.0 Å². The molecule has 13 nitrogen and oxygen atoms in total. The number of pyridine rings is 2. The fraction of sp³-hybridized carbons (Fsp3) is 0.361. The number of carbonyl (C=O) groups is 1. The average Bonchev–Trinajstić information content (AvgIpc) is 4.07. The number of nitrogen functional groups attached to an aromatic ring is 2. The number of aryl methyl sites for hydroxylation is 1. The number of carbonyl (C=O) groups excluding carboxylic acids is 1. The third-order valence-electron chi connectivity index (χ3n) is 8.47. The molecule has 0 unspecified atom stereocenters. The highest BCUT2D eigenvalue weighted by Crippen LogP contribution is 2.37. The Morgan fingerprint density at radius 1 is 1.05 bits per heavy atom. The van der Waals surface area contributed by atoms with E-state index in [1.54, 1.807) is 40.8 Å².